The second-order valence-corrected chi connectivity index (χ2v) is 15.1. The van der Waals surface area contributed by atoms with Gasteiger partial charge >= 0.3 is 5.97 Å². The molecule has 4 saturated carbocycles. The summed E-state index contributed by atoms with van der Waals surface area (Å²) in [7, 11) is 0. The van der Waals surface area contributed by atoms with Crippen LogP contribution < -0.4 is 10.6 Å². The number of aliphatic hydroxyl groups is 1. The number of carbonyl (C=O) groups excluding carboxylic acids is 3. The molecule has 0 aromatic carbocycles. The quantitative estimate of drug-likeness (QED) is 0.136. The van der Waals surface area contributed by atoms with Gasteiger partial charge in [-0.05, 0) is 61.8 Å². The van der Waals surface area contributed by atoms with Crippen molar-refractivity contribution in [3.63, 3.8) is 0 Å². The van der Waals surface area contributed by atoms with Crippen LogP contribution in [0.1, 0.15) is 72.6 Å². The van der Waals surface area contributed by atoms with Gasteiger partial charge in [0.05, 0.1) is 23.8 Å². The third-order valence-electron chi connectivity index (χ3n) is 11.7. The lowest BCUT2D eigenvalue weighted by Crippen LogP contribution is -2.63. The van der Waals surface area contributed by atoms with E-state index in [1.54, 1.807) is 18.3 Å². The van der Waals surface area contributed by atoms with Gasteiger partial charge in [-0.25, -0.2) is 9.97 Å². The molecule has 238 valence electrons. The van der Waals surface area contributed by atoms with Crippen molar-refractivity contribution in [3.8, 4) is 0 Å². The van der Waals surface area contributed by atoms with Crippen LogP contribution in [0, 0.1) is 34.0 Å². The number of ether oxygens (including phenoxy) is 1. The topological polar surface area (TPSA) is 146 Å². The standard InChI is InChI=1S/C33H45N5O5S/c1-6-31(4)15-23(32(5)18(2)9-12-33(19(3)27(31)42)13-10-22(39)26(32)33)43-25(41)17-44-30-37-28-21(11-14-34-28)29(38-30)36-24(40)16-35-20-7-8-20/h6,11,14,18-20,23,26-27,35,42H,1,7-10,12-13,15-17H2,2-5H3,(H2,34,36,37,38,40)/t18-,19+,23-,26+,27+,31-,32+,33+/m1/s1. The lowest BCUT2D eigenvalue weighted by atomic mass is 9.44. The number of amides is 1. The van der Waals surface area contributed by atoms with Crippen molar-refractivity contribution in [3.05, 3.63) is 24.9 Å². The number of H-pyrrole nitrogens is 1. The lowest BCUT2D eigenvalue weighted by Gasteiger charge is -2.61. The Hall–Kier alpha value is -2.76. The van der Waals surface area contributed by atoms with Crippen LogP contribution in [0.2, 0.25) is 0 Å². The molecule has 0 aliphatic heterocycles. The van der Waals surface area contributed by atoms with E-state index in [0.29, 0.717) is 40.9 Å². The summed E-state index contributed by atoms with van der Waals surface area (Å²) in [4.78, 5) is 51.9. The van der Waals surface area contributed by atoms with Crippen LogP contribution >= 0.6 is 11.8 Å². The third kappa shape index (κ3) is 5.28. The van der Waals surface area contributed by atoms with Crippen molar-refractivity contribution < 1.29 is 24.2 Å². The maximum atomic E-state index is 13.6. The molecule has 0 radical (unpaired) electrons. The summed E-state index contributed by atoms with van der Waals surface area (Å²) in [6, 6.07) is 2.21. The molecule has 6 rings (SSSR count). The molecule has 8 atom stereocenters. The van der Waals surface area contributed by atoms with Crippen LogP contribution in [0.25, 0.3) is 11.0 Å². The molecule has 11 heteroatoms. The lowest BCUT2D eigenvalue weighted by molar-refractivity contribution is -0.205. The summed E-state index contributed by atoms with van der Waals surface area (Å²) >= 11 is 1.14. The summed E-state index contributed by atoms with van der Waals surface area (Å²) in [6.07, 6.45) is 7.86. The molecule has 4 aliphatic rings. The first kappa shape index (κ1) is 31.2. The minimum absolute atomic E-state index is 0.0443. The zero-order chi connectivity index (χ0) is 31.4. The van der Waals surface area contributed by atoms with E-state index >= 15 is 0 Å². The highest BCUT2D eigenvalue weighted by atomic mass is 32.2. The highest BCUT2D eigenvalue weighted by molar-refractivity contribution is 7.99. The average molecular weight is 624 g/mol. The van der Waals surface area contributed by atoms with E-state index in [1.807, 2.05) is 6.92 Å². The number of Topliss-reactive ketones (excluding diaryl/α,β-unsaturated/α-hetero) is 1. The fourth-order valence-corrected chi connectivity index (χ4v) is 9.23. The van der Waals surface area contributed by atoms with Gasteiger partial charge in [-0.15, -0.1) is 6.58 Å². The van der Waals surface area contributed by atoms with Gasteiger partial charge in [0.1, 0.15) is 23.4 Å². The summed E-state index contributed by atoms with van der Waals surface area (Å²) < 4.78 is 6.36. The van der Waals surface area contributed by atoms with Crippen LogP contribution in [-0.2, 0) is 19.1 Å². The molecular weight excluding hydrogens is 578 g/mol. The van der Waals surface area contributed by atoms with Crippen LogP contribution in [0.4, 0.5) is 5.82 Å². The molecule has 1 amide bonds. The number of hydrogen-bond donors (Lipinski definition) is 4. The number of nitrogens with one attached hydrogen (secondary N) is 3. The fraction of sp³-hybridized carbons (Fsp3) is 0.667. The minimum Gasteiger partial charge on any atom is -0.461 e. The highest BCUT2D eigenvalue weighted by Crippen LogP contribution is 2.68. The van der Waals surface area contributed by atoms with Crippen LogP contribution in [0.15, 0.2) is 30.1 Å². The molecule has 44 heavy (non-hydrogen) atoms. The number of thioether (sulfide) groups is 1. The zero-order valence-electron chi connectivity index (χ0n) is 26.2. The number of aromatic nitrogens is 3. The van der Waals surface area contributed by atoms with Crippen LogP contribution in [0.3, 0.4) is 0 Å². The SMILES string of the molecule is C=C[C@]1(C)C[C@@H](OC(=O)CSc2nc(NC(=O)CNC3CC3)c3cc[nH]c3n2)[C@]2(C)[C@H](C)CC[C@]3(CCC(=O)[C@H]32)[C@@H](C)[C@@H]1O. The Morgan fingerprint density at radius 3 is 2.73 bits per heavy atom. The zero-order valence-corrected chi connectivity index (χ0v) is 27.0. The van der Waals surface area contributed by atoms with Crippen molar-refractivity contribution in [2.45, 2.75) is 96.0 Å². The number of aliphatic hydroxyl groups excluding tert-OH is 1. The molecule has 4 N–H and O–H groups in total. The van der Waals surface area contributed by atoms with Gasteiger partial charge in [0, 0.05) is 35.4 Å². The second kappa shape index (κ2) is 11.6. The molecule has 2 aromatic heterocycles. The molecule has 4 aliphatic carbocycles. The average Bonchev–Trinajstić information content (AvgIpc) is 3.60. The first-order chi connectivity index (χ1) is 20.9. The fourth-order valence-electron chi connectivity index (χ4n) is 8.60. The molecule has 2 heterocycles. The summed E-state index contributed by atoms with van der Waals surface area (Å²) in [6.45, 7) is 12.7. The van der Waals surface area contributed by atoms with Crippen LogP contribution in [0.5, 0.6) is 0 Å². The van der Waals surface area contributed by atoms with Crippen molar-refractivity contribution in [1.29, 1.82) is 0 Å². The first-order valence-electron chi connectivity index (χ1n) is 16.0. The van der Waals surface area contributed by atoms with Gasteiger partial charge in [-0.2, -0.15) is 0 Å². The third-order valence-corrected chi connectivity index (χ3v) is 12.5. The van der Waals surface area contributed by atoms with Gasteiger partial charge < -0.3 is 25.5 Å². The Balaban J connectivity index is 1.23. The number of nitrogens with zero attached hydrogens (tertiary/aromatic N) is 2. The Kier molecular flexibility index (Phi) is 8.20. The van der Waals surface area contributed by atoms with E-state index in [2.05, 4.69) is 52.9 Å². The molecule has 2 bridgehead atoms. The monoisotopic (exact) mass is 623 g/mol. The number of rotatable bonds is 9. The molecule has 4 fully saturated rings. The van der Waals surface area contributed by atoms with Gasteiger partial charge in [0.15, 0.2) is 5.16 Å². The number of ketones is 1. The normalized spacial score (nSPS) is 36.8. The van der Waals surface area contributed by atoms with E-state index < -0.39 is 29.0 Å². The van der Waals surface area contributed by atoms with Crippen molar-refractivity contribution in [2.75, 3.05) is 17.6 Å². The molecule has 0 saturated heterocycles. The van der Waals surface area contributed by atoms with E-state index in [1.165, 1.54) is 0 Å². The largest absolute Gasteiger partial charge is 0.461 e. The predicted octanol–water partition coefficient (Wildman–Crippen LogP) is 4.65. The maximum Gasteiger partial charge on any atom is 0.316 e. The van der Waals surface area contributed by atoms with Crippen molar-refractivity contribution >= 4 is 46.3 Å². The van der Waals surface area contributed by atoms with E-state index in [4.69, 9.17) is 4.74 Å². The number of fused-ring (bicyclic) bond motifs is 1. The van der Waals surface area contributed by atoms with E-state index in [-0.39, 0.29) is 47.2 Å². The smallest absolute Gasteiger partial charge is 0.316 e. The Morgan fingerprint density at radius 2 is 2.00 bits per heavy atom. The second-order valence-electron chi connectivity index (χ2n) is 14.2. The number of aromatic amines is 1. The Bertz CT molecular complexity index is 1480. The highest BCUT2D eigenvalue weighted by Gasteiger charge is 2.68. The number of anilines is 1. The summed E-state index contributed by atoms with van der Waals surface area (Å²) in [5.74, 6) is -0.251. The van der Waals surface area contributed by atoms with Crippen molar-refractivity contribution in [1.82, 2.24) is 20.3 Å². The maximum absolute atomic E-state index is 13.6. The van der Waals surface area contributed by atoms with Gasteiger partial charge in [-0.3, -0.25) is 14.4 Å². The Morgan fingerprint density at radius 1 is 1.23 bits per heavy atom. The molecule has 10 nitrogen and oxygen atoms in total. The molecule has 0 spiro atoms. The van der Waals surface area contributed by atoms with Gasteiger partial charge in [-0.1, -0.05) is 45.5 Å². The number of hydrogen-bond acceptors (Lipinski definition) is 9. The molecular formula is C33H45N5O5S. The molecule has 2 aromatic rings. The minimum atomic E-state index is -0.712. The van der Waals surface area contributed by atoms with E-state index in [0.717, 1.165) is 43.9 Å². The number of esters is 1. The van der Waals surface area contributed by atoms with Gasteiger partial charge in [0.2, 0.25) is 5.91 Å². The Labute approximate surface area is 263 Å². The predicted molar refractivity (Wildman–Crippen MR) is 169 cm³/mol. The first-order valence-corrected chi connectivity index (χ1v) is 16.9. The summed E-state index contributed by atoms with van der Waals surface area (Å²) in [5.41, 5.74) is -1.03. The molecule has 0 unspecified atom stereocenters. The number of carbonyl (C=O) groups is 3. The van der Waals surface area contributed by atoms with Crippen LogP contribution in [-0.4, -0.2) is 68.3 Å². The van der Waals surface area contributed by atoms with Crippen molar-refractivity contribution in [2.24, 2.45) is 34.0 Å². The van der Waals surface area contributed by atoms with Gasteiger partial charge in [0.25, 0.3) is 0 Å². The summed E-state index contributed by atoms with van der Waals surface area (Å²) in [5, 5.41) is 18.8. The van der Waals surface area contributed by atoms with E-state index in [9.17, 15) is 19.5 Å².